The summed E-state index contributed by atoms with van der Waals surface area (Å²) in [6.07, 6.45) is 0. The zero-order valence-electron chi connectivity index (χ0n) is 11.9. The van der Waals surface area contributed by atoms with E-state index in [1.54, 1.807) is 6.92 Å². The molecular formula is C15H14N2NaO3. The maximum absolute atomic E-state index is 11.0. The number of urea groups is 1. The summed E-state index contributed by atoms with van der Waals surface area (Å²) in [6, 6.07) is 11.9. The molecule has 0 spiro atoms. The number of carbonyl (C=O) groups is 1. The molecule has 5 nitrogen and oxygen atoms in total. The fourth-order valence-corrected chi connectivity index (χ4v) is 2.33. The van der Waals surface area contributed by atoms with Gasteiger partial charge in [-0.1, -0.05) is 30.3 Å². The average Bonchev–Trinajstić information content (AvgIpc) is 2.83. The molecule has 1 atom stereocenters. The first-order chi connectivity index (χ1) is 9.58. The summed E-state index contributed by atoms with van der Waals surface area (Å²) >= 11 is 0. The summed E-state index contributed by atoms with van der Waals surface area (Å²) in [5.41, 5.74) is 7.33. The van der Waals surface area contributed by atoms with E-state index in [-0.39, 0.29) is 29.6 Å². The molecule has 1 radical (unpaired) electrons. The Morgan fingerprint density at radius 2 is 1.86 bits per heavy atom. The van der Waals surface area contributed by atoms with Crippen molar-refractivity contribution in [2.75, 3.05) is 0 Å². The number of nitrogens with zero attached hydrogens (tertiary/aromatic N) is 1. The van der Waals surface area contributed by atoms with Crippen molar-refractivity contribution in [1.82, 2.24) is 5.06 Å². The monoisotopic (exact) mass is 293 g/mol. The number of benzene rings is 2. The maximum atomic E-state index is 11.0. The van der Waals surface area contributed by atoms with Crippen LogP contribution in [0.3, 0.4) is 0 Å². The zero-order chi connectivity index (χ0) is 14.3. The smallest absolute Gasteiger partial charge is 0.339 e. The van der Waals surface area contributed by atoms with Crippen molar-refractivity contribution in [2.45, 2.75) is 13.0 Å². The van der Waals surface area contributed by atoms with Gasteiger partial charge in [-0.25, -0.2) is 4.79 Å². The zero-order valence-corrected chi connectivity index (χ0v) is 13.9. The summed E-state index contributed by atoms with van der Waals surface area (Å²) in [5, 5.41) is 12.1. The number of hydroxylamine groups is 2. The molecule has 0 fully saturated rings. The molecule has 2 aromatic carbocycles. The Kier molecular flexibility index (Phi) is 4.58. The average molecular weight is 293 g/mol. The van der Waals surface area contributed by atoms with Crippen LogP contribution in [0.1, 0.15) is 18.5 Å². The molecule has 21 heavy (non-hydrogen) atoms. The molecule has 0 aliphatic rings. The molecule has 2 amide bonds. The van der Waals surface area contributed by atoms with Crippen LogP contribution in [0, 0.1) is 0 Å². The summed E-state index contributed by atoms with van der Waals surface area (Å²) < 4.78 is 5.77. The van der Waals surface area contributed by atoms with Gasteiger partial charge in [0.1, 0.15) is 11.2 Å². The van der Waals surface area contributed by atoms with Gasteiger partial charge < -0.3 is 10.2 Å². The second kappa shape index (κ2) is 6.07. The Hall–Kier alpha value is -1.53. The van der Waals surface area contributed by atoms with Gasteiger partial charge in [0.05, 0.1) is 6.04 Å². The minimum atomic E-state index is -0.887. The minimum absolute atomic E-state index is 0. The van der Waals surface area contributed by atoms with Crippen LogP contribution in [0.25, 0.3) is 21.9 Å². The molecular weight excluding hydrogens is 279 g/mol. The molecule has 0 saturated carbocycles. The number of furan rings is 1. The summed E-state index contributed by atoms with van der Waals surface area (Å²) in [6.45, 7) is 1.69. The third-order valence-corrected chi connectivity index (χ3v) is 3.48. The van der Waals surface area contributed by atoms with Gasteiger partial charge in [0.2, 0.25) is 0 Å². The van der Waals surface area contributed by atoms with Crippen molar-refractivity contribution in [3.8, 4) is 0 Å². The molecule has 0 bridgehead atoms. The van der Waals surface area contributed by atoms with Gasteiger partial charge in [0, 0.05) is 40.3 Å². The second-order valence-corrected chi connectivity index (χ2v) is 4.71. The van der Waals surface area contributed by atoms with Crippen molar-refractivity contribution < 1.29 is 14.4 Å². The van der Waals surface area contributed by atoms with E-state index in [0.717, 1.165) is 21.9 Å². The van der Waals surface area contributed by atoms with Crippen LogP contribution < -0.4 is 5.73 Å². The molecule has 103 valence electrons. The Labute approximate surface area is 143 Å². The van der Waals surface area contributed by atoms with E-state index < -0.39 is 12.1 Å². The van der Waals surface area contributed by atoms with E-state index in [9.17, 15) is 10.0 Å². The number of carbonyl (C=O) groups excluding carboxylic acids is 1. The number of hydrogen-bond acceptors (Lipinski definition) is 3. The van der Waals surface area contributed by atoms with Crippen LogP contribution in [0.2, 0.25) is 0 Å². The number of fused-ring (bicyclic) bond motifs is 3. The van der Waals surface area contributed by atoms with E-state index in [2.05, 4.69) is 0 Å². The molecule has 6 heteroatoms. The summed E-state index contributed by atoms with van der Waals surface area (Å²) in [4.78, 5) is 11.0. The number of rotatable bonds is 2. The van der Waals surface area contributed by atoms with Crippen LogP contribution in [-0.4, -0.2) is 45.9 Å². The van der Waals surface area contributed by atoms with E-state index in [0.29, 0.717) is 10.6 Å². The predicted molar refractivity (Wildman–Crippen MR) is 81.1 cm³/mol. The van der Waals surface area contributed by atoms with Gasteiger partial charge in [0.25, 0.3) is 0 Å². The van der Waals surface area contributed by atoms with Crippen LogP contribution in [0.5, 0.6) is 0 Å². The Bertz CT molecular complexity index is 800. The van der Waals surface area contributed by atoms with Crippen LogP contribution >= 0.6 is 0 Å². The molecule has 1 unspecified atom stereocenters. The first-order valence-electron chi connectivity index (χ1n) is 6.26. The van der Waals surface area contributed by atoms with Crippen molar-refractivity contribution in [2.24, 2.45) is 5.73 Å². The molecule has 3 rings (SSSR count). The Morgan fingerprint density at radius 3 is 2.57 bits per heavy atom. The van der Waals surface area contributed by atoms with Crippen LogP contribution in [0.4, 0.5) is 4.79 Å². The van der Waals surface area contributed by atoms with Gasteiger partial charge in [-0.3, -0.25) is 5.21 Å². The molecule has 1 heterocycles. The molecule has 3 N–H and O–H groups in total. The Balaban J connectivity index is 0.00000161. The topological polar surface area (TPSA) is 79.7 Å². The van der Waals surface area contributed by atoms with Crippen LogP contribution in [0.15, 0.2) is 46.9 Å². The summed E-state index contributed by atoms with van der Waals surface area (Å²) in [5.74, 6) is 0. The fourth-order valence-electron chi connectivity index (χ4n) is 2.33. The third kappa shape index (κ3) is 2.78. The Morgan fingerprint density at radius 1 is 1.19 bits per heavy atom. The van der Waals surface area contributed by atoms with Gasteiger partial charge >= 0.3 is 6.03 Å². The number of hydrogen-bond donors (Lipinski definition) is 2. The largest absolute Gasteiger partial charge is 0.456 e. The minimum Gasteiger partial charge on any atom is -0.456 e. The van der Waals surface area contributed by atoms with Crippen molar-refractivity contribution in [3.63, 3.8) is 0 Å². The first kappa shape index (κ1) is 15.9. The number of primary amides is 1. The quantitative estimate of drug-likeness (QED) is 0.433. The van der Waals surface area contributed by atoms with Crippen LogP contribution in [-0.2, 0) is 0 Å². The molecule has 0 aliphatic heterocycles. The first-order valence-corrected chi connectivity index (χ1v) is 6.26. The molecule has 3 aromatic rings. The van der Waals surface area contributed by atoms with Gasteiger partial charge in [-0.15, -0.1) is 0 Å². The molecule has 1 aromatic heterocycles. The SMILES string of the molecule is CC(c1ccc2c(c1)oc1ccccc12)N(O)C(N)=O.[Na]. The van der Waals surface area contributed by atoms with E-state index in [1.807, 2.05) is 42.5 Å². The second-order valence-electron chi connectivity index (χ2n) is 4.71. The van der Waals surface area contributed by atoms with Crippen molar-refractivity contribution >= 4 is 57.5 Å². The van der Waals surface area contributed by atoms with Gasteiger partial charge in [0.15, 0.2) is 0 Å². The number of para-hydroxylation sites is 1. The number of nitrogens with two attached hydrogens (primary N) is 1. The van der Waals surface area contributed by atoms with E-state index in [4.69, 9.17) is 10.2 Å². The van der Waals surface area contributed by atoms with Crippen molar-refractivity contribution in [1.29, 1.82) is 0 Å². The number of amides is 2. The normalized spacial score (nSPS) is 12.1. The predicted octanol–water partition coefficient (Wildman–Crippen LogP) is 3.04. The summed E-state index contributed by atoms with van der Waals surface area (Å²) in [7, 11) is 0. The fraction of sp³-hybridized carbons (Fsp3) is 0.133. The molecule has 0 saturated heterocycles. The van der Waals surface area contributed by atoms with E-state index >= 15 is 0 Å². The molecule has 0 aliphatic carbocycles. The van der Waals surface area contributed by atoms with Crippen molar-refractivity contribution in [3.05, 3.63) is 48.0 Å². The third-order valence-electron chi connectivity index (χ3n) is 3.48. The van der Waals surface area contributed by atoms with E-state index in [1.165, 1.54) is 0 Å². The van der Waals surface area contributed by atoms with Gasteiger partial charge in [-0.05, 0) is 24.6 Å². The van der Waals surface area contributed by atoms with Gasteiger partial charge in [-0.2, -0.15) is 5.06 Å². The standard InChI is InChI=1S/C15H14N2O3.Na/c1-9(17(19)15(16)18)10-6-7-12-11-4-2-3-5-13(11)20-14(12)8-10;/h2-9,19H,1H3,(H2,16,18);. The maximum Gasteiger partial charge on any atom is 0.339 e.